The van der Waals surface area contributed by atoms with Crippen LogP contribution in [0.1, 0.15) is 16.7 Å². The molecular weight excluding hydrogens is 178 g/mol. The summed E-state index contributed by atoms with van der Waals surface area (Å²) in [6, 6.07) is 4.10. The Balaban J connectivity index is 2.90. The quantitative estimate of drug-likeness (QED) is 0.713. The molecule has 0 atom stereocenters. The third-order valence-corrected chi connectivity index (χ3v) is 2.28. The molecule has 14 heavy (non-hydrogen) atoms. The van der Waals surface area contributed by atoms with Gasteiger partial charge >= 0.3 is 0 Å². The molecule has 0 aliphatic carbocycles. The van der Waals surface area contributed by atoms with E-state index in [1.807, 2.05) is 19.9 Å². The lowest BCUT2D eigenvalue weighted by atomic mass is 10.0. The zero-order chi connectivity index (χ0) is 10.6. The minimum atomic E-state index is 0.00448. The van der Waals surface area contributed by atoms with Gasteiger partial charge in [-0.15, -0.1) is 0 Å². The highest BCUT2D eigenvalue weighted by Crippen LogP contribution is 2.22. The Hall–Kier alpha value is -1.06. The first-order valence-corrected chi connectivity index (χ1v) is 4.64. The first kappa shape index (κ1) is 11.0. The van der Waals surface area contributed by atoms with Crippen molar-refractivity contribution in [2.24, 2.45) is 0 Å². The Labute approximate surface area is 84.7 Å². The minimum absolute atomic E-state index is 0.00448. The summed E-state index contributed by atoms with van der Waals surface area (Å²) in [5, 5.41) is 11.5. The summed E-state index contributed by atoms with van der Waals surface area (Å²) in [4.78, 5) is 0. The molecule has 0 fully saturated rings. The normalized spacial score (nSPS) is 10.3. The van der Waals surface area contributed by atoms with E-state index in [0.717, 1.165) is 11.3 Å². The molecule has 1 aromatic carbocycles. The molecule has 0 bridgehead atoms. The fourth-order valence-electron chi connectivity index (χ4n) is 1.45. The Bertz CT molecular complexity index is 310. The molecule has 0 spiro atoms. The topological polar surface area (TPSA) is 41.5 Å². The fraction of sp³-hybridized carbons (Fsp3) is 0.455. The van der Waals surface area contributed by atoms with Gasteiger partial charge in [-0.25, -0.2) is 0 Å². The second-order valence-electron chi connectivity index (χ2n) is 3.33. The lowest BCUT2D eigenvalue weighted by Crippen LogP contribution is -2.14. The number of benzene rings is 1. The van der Waals surface area contributed by atoms with E-state index >= 15 is 0 Å². The monoisotopic (exact) mass is 195 g/mol. The van der Waals surface area contributed by atoms with E-state index in [-0.39, 0.29) is 6.73 Å². The second-order valence-corrected chi connectivity index (χ2v) is 3.33. The average Bonchev–Trinajstić information content (AvgIpc) is 2.18. The summed E-state index contributed by atoms with van der Waals surface area (Å²) >= 11 is 0. The van der Waals surface area contributed by atoms with Crippen LogP contribution in [0.4, 0.5) is 0 Å². The first-order valence-electron chi connectivity index (χ1n) is 4.64. The first-order chi connectivity index (χ1) is 6.69. The van der Waals surface area contributed by atoms with Gasteiger partial charge in [-0.2, -0.15) is 0 Å². The number of hydrogen-bond donors (Lipinski definition) is 2. The van der Waals surface area contributed by atoms with Gasteiger partial charge in [0.2, 0.25) is 0 Å². The number of ether oxygens (including phenoxy) is 1. The van der Waals surface area contributed by atoms with Crippen molar-refractivity contribution < 1.29 is 9.84 Å². The van der Waals surface area contributed by atoms with Crippen LogP contribution >= 0.6 is 0 Å². The Morgan fingerprint density at radius 2 is 2.00 bits per heavy atom. The van der Waals surface area contributed by atoms with Gasteiger partial charge in [0.05, 0.1) is 13.8 Å². The summed E-state index contributed by atoms with van der Waals surface area (Å²) in [6.07, 6.45) is 0. The number of aryl methyl sites for hydroxylation is 2. The molecule has 3 nitrogen and oxygen atoms in total. The fourth-order valence-corrected chi connectivity index (χ4v) is 1.45. The number of hydrogen-bond acceptors (Lipinski definition) is 3. The summed E-state index contributed by atoms with van der Waals surface area (Å²) in [5.41, 5.74) is 3.48. The van der Waals surface area contributed by atoms with E-state index < -0.39 is 0 Å². The van der Waals surface area contributed by atoms with Gasteiger partial charge in [-0.3, -0.25) is 5.32 Å². The molecule has 0 saturated carbocycles. The second kappa shape index (κ2) is 4.98. The minimum Gasteiger partial charge on any atom is -0.496 e. The van der Waals surface area contributed by atoms with Crippen LogP contribution in [-0.2, 0) is 6.54 Å². The van der Waals surface area contributed by atoms with Gasteiger partial charge in [0.1, 0.15) is 5.75 Å². The maximum Gasteiger partial charge on any atom is 0.122 e. The van der Waals surface area contributed by atoms with Crippen molar-refractivity contribution in [2.75, 3.05) is 13.8 Å². The third-order valence-electron chi connectivity index (χ3n) is 2.28. The van der Waals surface area contributed by atoms with Gasteiger partial charge in [-0.1, -0.05) is 6.07 Å². The Morgan fingerprint density at radius 3 is 2.57 bits per heavy atom. The molecule has 0 amide bonds. The van der Waals surface area contributed by atoms with Crippen LogP contribution in [0, 0.1) is 13.8 Å². The van der Waals surface area contributed by atoms with Crippen LogP contribution in [0.2, 0.25) is 0 Å². The zero-order valence-corrected chi connectivity index (χ0v) is 8.92. The Morgan fingerprint density at radius 1 is 1.29 bits per heavy atom. The number of aliphatic hydroxyl groups is 1. The summed E-state index contributed by atoms with van der Waals surface area (Å²) in [6.45, 7) is 4.74. The molecule has 0 aromatic heterocycles. The molecular formula is C11H17NO2. The SMILES string of the molecule is COc1cc(C)c(CNCO)cc1C. The van der Waals surface area contributed by atoms with Gasteiger partial charge in [-0.05, 0) is 36.6 Å². The largest absolute Gasteiger partial charge is 0.496 e. The van der Waals surface area contributed by atoms with E-state index in [0.29, 0.717) is 6.54 Å². The van der Waals surface area contributed by atoms with E-state index in [1.54, 1.807) is 7.11 Å². The molecule has 3 heteroatoms. The molecule has 1 aromatic rings. The van der Waals surface area contributed by atoms with Crippen LogP contribution < -0.4 is 10.1 Å². The standard InChI is InChI=1S/C11H17NO2/c1-8-5-11(14-3)9(2)4-10(8)6-12-7-13/h4-5,12-13H,6-7H2,1-3H3. The molecule has 0 aliphatic heterocycles. The van der Waals surface area contributed by atoms with E-state index in [4.69, 9.17) is 9.84 Å². The van der Waals surface area contributed by atoms with E-state index in [1.165, 1.54) is 11.1 Å². The average molecular weight is 195 g/mol. The van der Waals surface area contributed by atoms with E-state index in [9.17, 15) is 0 Å². The number of methoxy groups -OCH3 is 1. The zero-order valence-electron chi connectivity index (χ0n) is 8.92. The highest BCUT2D eigenvalue weighted by Gasteiger charge is 2.03. The van der Waals surface area contributed by atoms with Crippen molar-refractivity contribution in [3.8, 4) is 5.75 Å². The summed E-state index contributed by atoms with van der Waals surface area (Å²) < 4.78 is 5.22. The predicted octanol–water partition coefficient (Wildman–Crippen LogP) is 1.35. The van der Waals surface area contributed by atoms with Crippen molar-refractivity contribution >= 4 is 0 Å². The number of aliphatic hydroxyl groups excluding tert-OH is 1. The van der Waals surface area contributed by atoms with Gasteiger partial charge in [0.25, 0.3) is 0 Å². The summed E-state index contributed by atoms with van der Waals surface area (Å²) in [5.74, 6) is 0.912. The lowest BCUT2D eigenvalue weighted by molar-refractivity contribution is 0.259. The molecule has 0 aliphatic rings. The highest BCUT2D eigenvalue weighted by molar-refractivity contribution is 5.41. The summed E-state index contributed by atoms with van der Waals surface area (Å²) in [7, 11) is 1.67. The predicted molar refractivity (Wildman–Crippen MR) is 56.4 cm³/mol. The molecule has 0 heterocycles. The van der Waals surface area contributed by atoms with Crippen molar-refractivity contribution in [2.45, 2.75) is 20.4 Å². The molecule has 78 valence electrons. The number of rotatable bonds is 4. The Kier molecular flexibility index (Phi) is 3.92. The van der Waals surface area contributed by atoms with Gasteiger partial charge in [0, 0.05) is 6.54 Å². The maximum absolute atomic E-state index is 8.65. The van der Waals surface area contributed by atoms with E-state index in [2.05, 4.69) is 11.4 Å². The molecule has 2 N–H and O–H groups in total. The van der Waals surface area contributed by atoms with Crippen LogP contribution in [0.5, 0.6) is 5.75 Å². The smallest absolute Gasteiger partial charge is 0.122 e. The van der Waals surface area contributed by atoms with Crippen molar-refractivity contribution in [1.29, 1.82) is 0 Å². The maximum atomic E-state index is 8.65. The molecule has 0 unspecified atom stereocenters. The molecule has 0 radical (unpaired) electrons. The van der Waals surface area contributed by atoms with Crippen molar-refractivity contribution in [3.05, 3.63) is 28.8 Å². The van der Waals surface area contributed by atoms with Crippen LogP contribution in [-0.4, -0.2) is 18.9 Å². The van der Waals surface area contributed by atoms with Crippen molar-refractivity contribution in [1.82, 2.24) is 5.32 Å². The molecule has 1 rings (SSSR count). The van der Waals surface area contributed by atoms with Crippen LogP contribution in [0.3, 0.4) is 0 Å². The van der Waals surface area contributed by atoms with Crippen LogP contribution in [0.15, 0.2) is 12.1 Å². The van der Waals surface area contributed by atoms with Crippen molar-refractivity contribution in [3.63, 3.8) is 0 Å². The van der Waals surface area contributed by atoms with Gasteiger partial charge < -0.3 is 9.84 Å². The lowest BCUT2D eigenvalue weighted by Gasteiger charge is -2.11. The third kappa shape index (κ3) is 2.47. The van der Waals surface area contributed by atoms with Gasteiger partial charge in [0.15, 0.2) is 0 Å². The highest BCUT2D eigenvalue weighted by atomic mass is 16.5. The van der Waals surface area contributed by atoms with Crippen LogP contribution in [0.25, 0.3) is 0 Å². The molecule has 0 saturated heterocycles. The number of nitrogens with one attached hydrogen (secondary N) is 1.